The number of aromatic nitrogens is 2. The molecule has 1 aliphatic carbocycles. The van der Waals surface area contributed by atoms with E-state index in [0.717, 1.165) is 12.8 Å². The highest BCUT2D eigenvalue weighted by Crippen LogP contribution is 2.24. The van der Waals surface area contributed by atoms with Crippen molar-refractivity contribution in [2.24, 2.45) is 0 Å². The minimum Gasteiger partial charge on any atom is -0.353 e. The lowest BCUT2D eigenvalue weighted by Gasteiger charge is -2.15. The van der Waals surface area contributed by atoms with Gasteiger partial charge in [-0.25, -0.2) is 0 Å². The fourth-order valence-corrected chi connectivity index (χ4v) is 4.58. The summed E-state index contributed by atoms with van der Waals surface area (Å²) in [7, 11) is 0. The topological polar surface area (TPSA) is 84.0 Å². The van der Waals surface area contributed by atoms with Crippen molar-refractivity contribution < 1.29 is 9.59 Å². The number of carbonyl (C=O) groups excluding carboxylic acids is 2. The molecule has 1 saturated carbocycles. The van der Waals surface area contributed by atoms with E-state index >= 15 is 0 Å². The van der Waals surface area contributed by atoms with Crippen molar-refractivity contribution >= 4 is 52.2 Å². The number of halogens is 1. The number of anilines is 1. The van der Waals surface area contributed by atoms with Gasteiger partial charge in [0.05, 0.1) is 5.75 Å². The number of carbonyl (C=O) groups is 2. The van der Waals surface area contributed by atoms with Crippen LogP contribution in [0.2, 0.25) is 5.02 Å². The van der Waals surface area contributed by atoms with Gasteiger partial charge in [-0.05, 0) is 37.1 Å². The van der Waals surface area contributed by atoms with Crippen LogP contribution >= 0.6 is 34.7 Å². The lowest BCUT2D eigenvalue weighted by atomic mass is 10.1. The summed E-state index contributed by atoms with van der Waals surface area (Å²) in [6.45, 7) is 0. The van der Waals surface area contributed by atoms with E-state index in [9.17, 15) is 9.59 Å². The predicted molar refractivity (Wildman–Crippen MR) is 110 cm³/mol. The van der Waals surface area contributed by atoms with Crippen LogP contribution in [0, 0.1) is 0 Å². The van der Waals surface area contributed by atoms with E-state index in [1.54, 1.807) is 24.3 Å². The SMILES string of the molecule is O=C(CSc1nnc(C(=O)Nc2ccc(Cl)cc2)s1)NC1CCCCCC1. The van der Waals surface area contributed by atoms with Gasteiger partial charge in [-0.15, -0.1) is 10.2 Å². The van der Waals surface area contributed by atoms with E-state index < -0.39 is 0 Å². The first kappa shape index (κ1) is 20.1. The van der Waals surface area contributed by atoms with Gasteiger partial charge in [0.2, 0.25) is 10.9 Å². The molecule has 1 heterocycles. The molecule has 1 fully saturated rings. The van der Waals surface area contributed by atoms with Crippen molar-refractivity contribution in [3.05, 3.63) is 34.3 Å². The zero-order valence-electron chi connectivity index (χ0n) is 14.7. The van der Waals surface area contributed by atoms with Crippen molar-refractivity contribution in [1.29, 1.82) is 0 Å². The number of hydrogen-bond donors (Lipinski definition) is 2. The van der Waals surface area contributed by atoms with Crippen LogP contribution in [0.15, 0.2) is 28.6 Å². The molecule has 1 aromatic heterocycles. The molecule has 0 radical (unpaired) electrons. The fourth-order valence-electron chi connectivity index (χ4n) is 2.90. The maximum atomic E-state index is 12.2. The van der Waals surface area contributed by atoms with Crippen molar-refractivity contribution in [2.45, 2.75) is 48.9 Å². The third-order valence-electron chi connectivity index (χ3n) is 4.25. The second-order valence-corrected chi connectivity index (χ2v) is 9.02. The molecule has 0 atom stereocenters. The van der Waals surface area contributed by atoms with E-state index in [0.29, 0.717) is 15.0 Å². The molecule has 2 N–H and O–H groups in total. The molecule has 0 unspecified atom stereocenters. The summed E-state index contributed by atoms with van der Waals surface area (Å²) in [5, 5.41) is 14.6. The van der Waals surface area contributed by atoms with Crippen LogP contribution in [0.4, 0.5) is 5.69 Å². The number of thioether (sulfide) groups is 1. The second-order valence-electron chi connectivity index (χ2n) is 6.38. The number of nitrogens with zero attached hydrogens (tertiary/aromatic N) is 2. The summed E-state index contributed by atoms with van der Waals surface area (Å²) in [5.74, 6) is -0.0388. The third kappa shape index (κ3) is 6.48. The monoisotopic (exact) mass is 424 g/mol. The molecule has 2 aromatic rings. The van der Waals surface area contributed by atoms with E-state index in [1.807, 2.05) is 0 Å². The van der Waals surface area contributed by atoms with Crippen LogP contribution < -0.4 is 10.6 Å². The zero-order valence-corrected chi connectivity index (χ0v) is 17.1. The van der Waals surface area contributed by atoms with Crippen molar-refractivity contribution in [3.8, 4) is 0 Å². The van der Waals surface area contributed by atoms with Gasteiger partial charge in [0.25, 0.3) is 5.91 Å². The molecule has 9 heteroatoms. The molecule has 6 nitrogen and oxygen atoms in total. The molecule has 2 amide bonds. The predicted octanol–water partition coefficient (Wildman–Crippen LogP) is 4.37. The van der Waals surface area contributed by atoms with Crippen molar-refractivity contribution in [1.82, 2.24) is 15.5 Å². The van der Waals surface area contributed by atoms with Crippen LogP contribution in [-0.4, -0.2) is 33.8 Å². The first-order chi connectivity index (χ1) is 13.1. The van der Waals surface area contributed by atoms with E-state index in [4.69, 9.17) is 11.6 Å². The number of benzene rings is 1. The maximum absolute atomic E-state index is 12.2. The van der Waals surface area contributed by atoms with Gasteiger partial charge >= 0.3 is 0 Å². The van der Waals surface area contributed by atoms with Gasteiger partial charge in [-0.1, -0.05) is 60.4 Å². The second kappa shape index (κ2) is 10.1. The van der Waals surface area contributed by atoms with E-state index in [-0.39, 0.29) is 28.6 Å². The van der Waals surface area contributed by atoms with Gasteiger partial charge in [-0.3, -0.25) is 9.59 Å². The van der Waals surface area contributed by atoms with E-state index in [2.05, 4.69) is 20.8 Å². The van der Waals surface area contributed by atoms with Crippen LogP contribution in [0.3, 0.4) is 0 Å². The van der Waals surface area contributed by atoms with Crippen molar-refractivity contribution in [2.75, 3.05) is 11.1 Å². The highest BCUT2D eigenvalue weighted by atomic mass is 35.5. The summed E-state index contributed by atoms with van der Waals surface area (Å²) in [4.78, 5) is 24.4. The Balaban J connectivity index is 1.46. The Morgan fingerprint density at radius 3 is 2.52 bits per heavy atom. The van der Waals surface area contributed by atoms with E-state index in [1.165, 1.54) is 48.8 Å². The minimum absolute atomic E-state index is 0.00858. The van der Waals surface area contributed by atoms with Crippen LogP contribution in [-0.2, 0) is 4.79 Å². The Bertz CT molecular complexity index is 774. The van der Waals surface area contributed by atoms with Gasteiger partial charge in [-0.2, -0.15) is 0 Å². The number of rotatable bonds is 6. The molecule has 0 saturated heterocycles. The maximum Gasteiger partial charge on any atom is 0.286 e. The number of hydrogen-bond acceptors (Lipinski definition) is 6. The Hall–Kier alpha value is -1.64. The Kier molecular flexibility index (Phi) is 7.49. The average molecular weight is 425 g/mol. The normalized spacial score (nSPS) is 15.1. The summed E-state index contributed by atoms with van der Waals surface area (Å²) in [5.41, 5.74) is 0.636. The molecule has 3 rings (SSSR count). The van der Waals surface area contributed by atoms with Gasteiger partial charge in [0, 0.05) is 16.8 Å². The lowest BCUT2D eigenvalue weighted by Crippen LogP contribution is -2.35. The zero-order chi connectivity index (χ0) is 19.1. The molecule has 1 aromatic carbocycles. The van der Waals surface area contributed by atoms with Crippen molar-refractivity contribution in [3.63, 3.8) is 0 Å². The Labute approximate surface area is 171 Å². The highest BCUT2D eigenvalue weighted by molar-refractivity contribution is 8.01. The largest absolute Gasteiger partial charge is 0.353 e. The first-order valence-corrected chi connectivity index (χ1v) is 11.1. The Morgan fingerprint density at radius 2 is 1.81 bits per heavy atom. The first-order valence-electron chi connectivity index (χ1n) is 8.93. The summed E-state index contributed by atoms with van der Waals surface area (Å²) in [6, 6.07) is 7.12. The van der Waals surface area contributed by atoms with Crippen LogP contribution in [0.5, 0.6) is 0 Å². The molecule has 0 bridgehead atoms. The lowest BCUT2D eigenvalue weighted by molar-refractivity contribution is -0.119. The third-order valence-corrected chi connectivity index (χ3v) is 6.56. The highest BCUT2D eigenvalue weighted by Gasteiger charge is 2.17. The summed E-state index contributed by atoms with van der Waals surface area (Å²) < 4.78 is 0.604. The minimum atomic E-state index is -0.329. The number of amides is 2. The summed E-state index contributed by atoms with van der Waals surface area (Å²) in [6.07, 6.45) is 7.00. The van der Waals surface area contributed by atoms with Gasteiger partial charge < -0.3 is 10.6 Å². The smallest absolute Gasteiger partial charge is 0.286 e. The van der Waals surface area contributed by atoms with Crippen LogP contribution in [0.1, 0.15) is 48.3 Å². The quantitative estimate of drug-likeness (QED) is 0.531. The fraction of sp³-hybridized carbons (Fsp3) is 0.444. The molecular formula is C18H21ClN4O2S2. The molecule has 0 spiro atoms. The molecule has 1 aliphatic rings. The van der Waals surface area contributed by atoms with Gasteiger partial charge in [0.15, 0.2) is 4.34 Å². The molecular weight excluding hydrogens is 404 g/mol. The van der Waals surface area contributed by atoms with Crippen LogP contribution in [0.25, 0.3) is 0 Å². The number of nitrogens with one attached hydrogen (secondary N) is 2. The summed E-state index contributed by atoms with van der Waals surface area (Å²) >= 11 is 8.31. The molecule has 0 aliphatic heterocycles. The van der Waals surface area contributed by atoms with Gasteiger partial charge in [0.1, 0.15) is 0 Å². The Morgan fingerprint density at radius 1 is 1.11 bits per heavy atom. The standard InChI is InChI=1S/C18H21ClN4O2S2/c19-12-7-9-14(10-8-12)21-16(25)17-22-23-18(27-17)26-11-15(24)20-13-5-3-1-2-4-6-13/h7-10,13H,1-6,11H2,(H,20,24)(H,21,25). The average Bonchev–Trinajstić information content (AvgIpc) is 2.99. The molecule has 144 valence electrons. The molecule has 27 heavy (non-hydrogen) atoms.